The summed E-state index contributed by atoms with van der Waals surface area (Å²) in [5.41, 5.74) is 5.95. The first-order valence-corrected chi connectivity index (χ1v) is 6.89. The first-order valence-electron chi connectivity index (χ1n) is 6.89. The van der Waals surface area contributed by atoms with E-state index in [1.165, 1.54) is 45.6 Å². The molecule has 0 saturated carbocycles. The van der Waals surface area contributed by atoms with E-state index in [-0.39, 0.29) is 0 Å². The van der Waals surface area contributed by atoms with E-state index in [0.717, 1.165) is 12.5 Å². The third kappa shape index (κ3) is 3.72. The van der Waals surface area contributed by atoms with Gasteiger partial charge in [-0.2, -0.15) is 0 Å². The van der Waals surface area contributed by atoms with Crippen LogP contribution in [0.25, 0.3) is 0 Å². The van der Waals surface area contributed by atoms with Gasteiger partial charge in [-0.25, -0.2) is 0 Å². The minimum atomic E-state index is 0.596. The van der Waals surface area contributed by atoms with Gasteiger partial charge < -0.3 is 10.6 Å². The highest BCUT2D eigenvalue weighted by Gasteiger charge is 2.25. The van der Waals surface area contributed by atoms with E-state index in [1.807, 2.05) is 0 Å². The number of nitrogens with two attached hydrogens (primary N) is 1. The van der Waals surface area contributed by atoms with Crippen LogP contribution < -0.4 is 5.73 Å². The van der Waals surface area contributed by atoms with Crippen molar-refractivity contribution in [2.24, 2.45) is 11.7 Å². The quantitative estimate of drug-likeness (QED) is 0.744. The highest BCUT2D eigenvalue weighted by molar-refractivity contribution is 4.82. The number of rotatable bonds is 6. The molecule has 0 aromatic carbocycles. The summed E-state index contributed by atoms with van der Waals surface area (Å²) in [6.07, 6.45) is 2.57. The van der Waals surface area contributed by atoms with Crippen LogP contribution in [0.15, 0.2) is 0 Å². The summed E-state index contributed by atoms with van der Waals surface area (Å²) in [7, 11) is 0. The zero-order valence-corrected chi connectivity index (χ0v) is 11.3. The molecular formula is C13H29N3. The Bertz CT molecular complexity index is 176. The van der Waals surface area contributed by atoms with Gasteiger partial charge in [-0.1, -0.05) is 27.2 Å². The number of piperazine rings is 1. The minimum Gasteiger partial charge on any atom is -0.329 e. The second-order valence-electron chi connectivity index (χ2n) is 5.04. The Hall–Kier alpha value is -0.120. The standard InChI is InChI=1S/C13H29N3/c1-4-6-12(3)13(11-14)16-9-7-15(5-2)8-10-16/h12-13H,4-11,14H2,1-3H3. The van der Waals surface area contributed by atoms with Crippen LogP contribution in [0, 0.1) is 5.92 Å². The third-order valence-electron chi connectivity index (χ3n) is 3.97. The first-order chi connectivity index (χ1) is 7.72. The summed E-state index contributed by atoms with van der Waals surface area (Å²) < 4.78 is 0. The lowest BCUT2D eigenvalue weighted by molar-refractivity contribution is 0.0766. The fourth-order valence-electron chi connectivity index (χ4n) is 2.80. The predicted octanol–water partition coefficient (Wildman–Crippen LogP) is 1.39. The van der Waals surface area contributed by atoms with Crippen molar-refractivity contribution in [2.45, 2.75) is 39.7 Å². The summed E-state index contributed by atoms with van der Waals surface area (Å²) in [4.78, 5) is 5.13. The maximum atomic E-state index is 5.95. The molecule has 0 bridgehead atoms. The van der Waals surface area contributed by atoms with Gasteiger partial charge in [0, 0.05) is 38.8 Å². The van der Waals surface area contributed by atoms with E-state index in [4.69, 9.17) is 5.73 Å². The summed E-state index contributed by atoms with van der Waals surface area (Å²) in [5.74, 6) is 0.739. The molecule has 0 aromatic rings. The Labute approximate surface area is 101 Å². The van der Waals surface area contributed by atoms with Gasteiger partial charge >= 0.3 is 0 Å². The lowest BCUT2D eigenvalue weighted by atomic mass is 9.95. The highest BCUT2D eigenvalue weighted by atomic mass is 15.3. The fourth-order valence-corrected chi connectivity index (χ4v) is 2.80. The molecule has 1 rings (SSSR count). The molecule has 0 aliphatic carbocycles. The van der Waals surface area contributed by atoms with Gasteiger partial charge in [0.2, 0.25) is 0 Å². The molecule has 0 aromatic heterocycles. The molecule has 16 heavy (non-hydrogen) atoms. The van der Waals surface area contributed by atoms with E-state index >= 15 is 0 Å². The maximum absolute atomic E-state index is 5.95. The Kier molecular flexibility index (Phi) is 6.32. The summed E-state index contributed by atoms with van der Waals surface area (Å²) in [5, 5.41) is 0. The number of hydrogen-bond donors (Lipinski definition) is 1. The van der Waals surface area contributed by atoms with E-state index < -0.39 is 0 Å². The summed E-state index contributed by atoms with van der Waals surface area (Å²) in [6.45, 7) is 13.7. The average Bonchev–Trinajstić information content (AvgIpc) is 2.31. The molecule has 2 N–H and O–H groups in total. The zero-order chi connectivity index (χ0) is 12.0. The maximum Gasteiger partial charge on any atom is 0.0245 e. The molecule has 1 heterocycles. The summed E-state index contributed by atoms with van der Waals surface area (Å²) >= 11 is 0. The Morgan fingerprint density at radius 2 is 1.75 bits per heavy atom. The molecule has 3 heteroatoms. The molecule has 3 nitrogen and oxygen atoms in total. The van der Waals surface area contributed by atoms with Crippen molar-refractivity contribution in [2.75, 3.05) is 39.3 Å². The molecule has 0 radical (unpaired) electrons. The van der Waals surface area contributed by atoms with E-state index in [1.54, 1.807) is 0 Å². The van der Waals surface area contributed by atoms with Gasteiger partial charge in [-0.3, -0.25) is 4.90 Å². The van der Waals surface area contributed by atoms with Gasteiger partial charge in [0.15, 0.2) is 0 Å². The van der Waals surface area contributed by atoms with Crippen molar-refractivity contribution in [3.05, 3.63) is 0 Å². The molecule has 1 aliphatic rings. The molecule has 2 unspecified atom stereocenters. The predicted molar refractivity (Wildman–Crippen MR) is 70.6 cm³/mol. The van der Waals surface area contributed by atoms with Crippen LogP contribution in [-0.2, 0) is 0 Å². The van der Waals surface area contributed by atoms with Crippen LogP contribution in [0.3, 0.4) is 0 Å². The van der Waals surface area contributed by atoms with Gasteiger partial charge in [-0.05, 0) is 18.9 Å². The Balaban J connectivity index is 2.42. The lowest BCUT2D eigenvalue weighted by Gasteiger charge is -2.41. The number of nitrogens with zero attached hydrogens (tertiary/aromatic N) is 2. The fraction of sp³-hybridized carbons (Fsp3) is 1.00. The highest BCUT2D eigenvalue weighted by Crippen LogP contribution is 2.17. The van der Waals surface area contributed by atoms with Gasteiger partial charge in [0.05, 0.1) is 0 Å². The molecule has 0 spiro atoms. The van der Waals surface area contributed by atoms with Crippen molar-refractivity contribution in [1.82, 2.24) is 9.80 Å². The second kappa shape index (κ2) is 7.25. The number of likely N-dealkylation sites (N-methyl/N-ethyl adjacent to an activating group) is 1. The van der Waals surface area contributed by atoms with Gasteiger partial charge in [-0.15, -0.1) is 0 Å². The van der Waals surface area contributed by atoms with Gasteiger partial charge in [0.25, 0.3) is 0 Å². The van der Waals surface area contributed by atoms with Crippen molar-refractivity contribution in [3.63, 3.8) is 0 Å². The molecule has 1 fully saturated rings. The first kappa shape index (κ1) is 13.9. The molecule has 96 valence electrons. The van der Waals surface area contributed by atoms with E-state index in [9.17, 15) is 0 Å². The largest absolute Gasteiger partial charge is 0.329 e. The normalized spacial score (nSPS) is 23.2. The Morgan fingerprint density at radius 1 is 1.12 bits per heavy atom. The van der Waals surface area contributed by atoms with Crippen LogP contribution in [0.5, 0.6) is 0 Å². The van der Waals surface area contributed by atoms with Crippen molar-refractivity contribution in [3.8, 4) is 0 Å². The van der Waals surface area contributed by atoms with E-state index in [0.29, 0.717) is 6.04 Å². The van der Waals surface area contributed by atoms with Crippen LogP contribution in [0.2, 0.25) is 0 Å². The van der Waals surface area contributed by atoms with Crippen molar-refractivity contribution >= 4 is 0 Å². The molecule has 2 atom stereocenters. The van der Waals surface area contributed by atoms with Crippen LogP contribution in [0.1, 0.15) is 33.6 Å². The van der Waals surface area contributed by atoms with Crippen molar-refractivity contribution in [1.29, 1.82) is 0 Å². The number of hydrogen-bond acceptors (Lipinski definition) is 3. The average molecular weight is 227 g/mol. The lowest BCUT2D eigenvalue weighted by Crippen LogP contribution is -2.54. The third-order valence-corrected chi connectivity index (χ3v) is 3.97. The molecule has 1 aliphatic heterocycles. The monoisotopic (exact) mass is 227 g/mol. The zero-order valence-electron chi connectivity index (χ0n) is 11.3. The molecular weight excluding hydrogens is 198 g/mol. The van der Waals surface area contributed by atoms with E-state index in [2.05, 4.69) is 30.6 Å². The molecule has 0 amide bonds. The SMILES string of the molecule is CCCC(C)C(CN)N1CCN(CC)CC1. The van der Waals surface area contributed by atoms with Crippen LogP contribution >= 0.6 is 0 Å². The van der Waals surface area contributed by atoms with Crippen LogP contribution in [0.4, 0.5) is 0 Å². The molecule has 1 saturated heterocycles. The Morgan fingerprint density at radius 3 is 2.19 bits per heavy atom. The smallest absolute Gasteiger partial charge is 0.0245 e. The second-order valence-corrected chi connectivity index (χ2v) is 5.04. The van der Waals surface area contributed by atoms with Crippen molar-refractivity contribution < 1.29 is 0 Å². The summed E-state index contributed by atoms with van der Waals surface area (Å²) in [6, 6.07) is 0.596. The van der Waals surface area contributed by atoms with Gasteiger partial charge in [0.1, 0.15) is 0 Å². The topological polar surface area (TPSA) is 32.5 Å². The minimum absolute atomic E-state index is 0.596. The van der Waals surface area contributed by atoms with Crippen LogP contribution in [-0.4, -0.2) is 55.1 Å².